The van der Waals surface area contributed by atoms with Crippen LogP contribution in [-0.2, 0) is 11.8 Å². The number of hydrogen-bond donors (Lipinski definition) is 0. The molecule has 4 rings (SSSR count). The quantitative estimate of drug-likeness (QED) is 0.399. The maximum absolute atomic E-state index is 2.58. The molecule has 142 valence electrons. The summed E-state index contributed by atoms with van der Waals surface area (Å²) in [5.41, 5.74) is 4.83. The van der Waals surface area contributed by atoms with Gasteiger partial charge >= 0.3 is 0 Å². The first-order chi connectivity index (χ1) is 13.2. The van der Waals surface area contributed by atoms with Crippen molar-refractivity contribution in [3.8, 4) is 10.6 Å². The monoisotopic (exact) mass is 378 g/mol. The number of rotatable bonds is 6. The van der Waals surface area contributed by atoms with Gasteiger partial charge in [0.1, 0.15) is 4.88 Å². The maximum Gasteiger partial charge on any atom is 0.223 e. The van der Waals surface area contributed by atoms with E-state index in [1.54, 1.807) is 11.1 Å². The summed E-state index contributed by atoms with van der Waals surface area (Å²) in [4.78, 5) is 1.52. The molecular formula is C25H32NS+. The van der Waals surface area contributed by atoms with Crippen molar-refractivity contribution in [3.05, 3.63) is 53.7 Å². The van der Waals surface area contributed by atoms with Crippen molar-refractivity contribution in [1.82, 2.24) is 0 Å². The number of hydrogen-bond acceptors (Lipinski definition) is 1. The van der Waals surface area contributed by atoms with Crippen LogP contribution >= 0.6 is 11.3 Å². The molecule has 3 aromatic rings. The molecule has 3 heterocycles. The van der Waals surface area contributed by atoms with Crippen molar-refractivity contribution in [3.63, 3.8) is 0 Å². The standard InChI is InChI=1S/C25H32NS/c1-5-9-13-18-14-12-15-19-22-24(27-23(18)19)20-16-10-11-17-26(20)21(6-2)25(22,7-3)8-4/h10-12,14-17,21H,5-9,13H2,1-4H3/q+1. The normalized spacial score (nSPS) is 17.7. The molecule has 0 saturated heterocycles. The van der Waals surface area contributed by atoms with Crippen LogP contribution in [0.15, 0.2) is 42.6 Å². The van der Waals surface area contributed by atoms with E-state index >= 15 is 0 Å². The summed E-state index contributed by atoms with van der Waals surface area (Å²) in [6.45, 7) is 9.45. The van der Waals surface area contributed by atoms with Gasteiger partial charge in [-0.1, -0.05) is 52.3 Å². The average Bonchev–Trinajstić information content (AvgIpc) is 3.12. The van der Waals surface area contributed by atoms with Crippen molar-refractivity contribution < 1.29 is 4.57 Å². The lowest BCUT2D eigenvalue weighted by atomic mass is 9.66. The lowest BCUT2D eigenvalue weighted by Gasteiger charge is -2.39. The summed E-state index contributed by atoms with van der Waals surface area (Å²) in [6.07, 6.45) is 9.61. The number of aromatic nitrogens is 1. The molecule has 1 aliphatic rings. The van der Waals surface area contributed by atoms with Crippen LogP contribution in [0.4, 0.5) is 0 Å². The molecular weight excluding hydrogens is 346 g/mol. The number of unbranched alkanes of at least 4 members (excludes halogenated alkanes) is 1. The third-order valence-corrected chi connectivity index (χ3v) is 8.14. The van der Waals surface area contributed by atoms with Crippen LogP contribution in [0.5, 0.6) is 0 Å². The van der Waals surface area contributed by atoms with Gasteiger partial charge in [-0.3, -0.25) is 0 Å². The molecule has 1 atom stereocenters. The SMILES string of the molecule is CCCCc1cccc2c3c(sc12)-c1cccc[n+]1C(CC)C3(CC)CC. The fourth-order valence-corrected chi connectivity index (χ4v) is 6.91. The topological polar surface area (TPSA) is 3.88 Å². The molecule has 27 heavy (non-hydrogen) atoms. The Morgan fingerprint density at radius 2 is 1.81 bits per heavy atom. The summed E-state index contributed by atoms with van der Waals surface area (Å²) in [5, 5.41) is 1.53. The first-order valence-electron chi connectivity index (χ1n) is 10.8. The van der Waals surface area contributed by atoms with Gasteiger partial charge in [-0.2, -0.15) is 4.57 Å². The van der Waals surface area contributed by atoms with Gasteiger partial charge in [-0.15, -0.1) is 11.3 Å². The third kappa shape index (κ3) is 2.68. The van der Waals surface area contributed by atoms with Crippen molar-refractivity contribution >= 4 is 21.4 Å². The predicted octanol–water partition coefficient (Wildman–Crippen LogP) is 7.22. The van der Waals surface area contributed by atoms with Gasteiger partial charge in [0.25, 0.3) is 0 Å². The molecule has 0 aliphatic carbocycles. The van der Waals surface area contributed by atoms with Crippen LogP contribution in [0.25, 0.3) is 20.7 Å². The number of fused-ring (bicyclic) bond motifs is 5. The Hall–Kier alpha value is -1.67. The smallest absolute Gasteiger partial charge is 0.194 e. The van der Waals surface area contributed by atoms with Crippen molar-refractivity contribution in [2.75, 3.05) is 0 Å². The van der Waals surface area contributed by atoms with Crippen LogP contribution in [0.2, 0.25) is 0 Å². The van der Waals surface area contributed by atoms with E-state index in [9.17, 15) is 0 Å². The number of pyridine rings is 1. The van der Waals surface area contributed by atoms with Gasteiger partial charge in [0.05, 0.1) is 5.41 Å². The van der Waals surface area contributed by atoms with Gasteiger partial charge in [-0.25, -0.2) is 0 Å². The molecule has 1 aromatic carbocycles. The first kappa shape index (κ1) is 18.7. The highest BCUT2D eigenvalue weighted by Gasteiger charge is 2.50. The lowest BCUT2D eigenvalue weighted by Crippen LogP contribution is -2.54. The van der Waals surface area contributed by atoms with E-state index in [1.165, 1.54) is 59.2 Å². The van der Waals surface area contributed by atoms with E-state index in [4.69, 9.17) is 0 Å². The predicted molar refractivity (Wildman–Crippen MR) is 118 cm³/mol. The number of nitrogens with zero attached hydrogens (tertiary/aromatic N) is 1. The average molecular weight is 379 g/mol. The van der Waals surface area contributed by atoms with Crippen LogP contribution in [0.3, 0.4) is 0 Å². The first-order valence-corrected chi connectivity index (χ1v) is 11.6. The van der Waals surface area contributed by atoms with Gasteiger partial charge in [0.15, 0.2) is 12.2 Å². The van der Waals surface area contributed by atoms with Crippen LogP contribution < -0.4 is 4.57 Å². The summed E-state index contributed by atoms with van der Waals surface area (Å²) in [5.74, 6) is 0. The number of thiophene rings is 1. The number of benzene rings is 1. The van der Waals surface area contributed by atoms with E-state index in [1.807, 2.05) is 11.3 Å². The van der Waals surface area contributed by atoms with E-state index < -0.39 is 0 Å². The Morgan fingerprint density at radius 3 is 2.52 bits per heavy atom. The minimum Gasteiger partial charge on any atom is -0.194 e. The minimum atomic E-state index is 0.227. The Labute approximate surface area is 168 Å². The van der Waals surface area contributed by atoms with Crippen LogP contribution in [-0.4, -0.2) is 0 Å². The maximum atomic E-state index is 2.58. The van der Waals surface area contributed by atoms with E-state index in [2.05, 4.69) is 74.9 Å². The Morgan fingerprint density at radius 1 is 1.00 bits per heavy atom. The Kier molecular flexibility index (Phi) is 5.11. The second-order valence-electron chi connectivity index (χ2n) is 7.98. The molecule has 2 aromatic heterocycles. The second kappa shape index (κ2) is 7.39. The van der Waals surface area contributed by atoms with E-state index in [0.29, 0.717) is 6.04 Å². The van der Waals surface area contributed by atoms with Gasteiger partial charge in [0.2, 0.25) is 5.69 Å². The molecule has 0 bridgehead atoms. The van der Waals surface area contributed by atoms with E-state index in [0.717, 1.165) is 0 Å². The van der Waals surface area contributed by atoms with Gasteiger partial charge < -0.3 is 0 Å². The molecule has 1 aliphatic heterocycles. The van der Waals surface area contributed by atoms with Gasteiger partial charge in [-0.05, 0) is 48.3 Å². The summed E-state index contributed by atoms with van der Waals surface area (Å²) >= 11 is 2.04. The van der Waals surface area contributed by atoms with Gasteiger partial charge in [0, 0.05) is 23.3 Å². The Bertz CT molecular complexity index is 948. The number of aryl methyl sites for hydroxylation is 1. The highest BCUT2D eigenvalue weighted by Crippen LogP contribution is 2.54. The Balaban J connectivity index is 2.07. The van der Waals surface area contributed by atoms with E-state index in [-0.39, 0.29) is 5.41 Å². The van der Waals surface area contributed by atoms with Crippen LogP contribution in [0.1, 0.15) is 77.0 Å². The van der Waals surface area contributed by atoms with Crippen LogP contribution in [0, 0.1) is 0 Å². The fourth-order valence-electron chi connectivity index (χ4n) is 5.43. The lowest BCUT2D eigenvalue weighted by molar-refractivity contribution is -0.725. The molecule has 1 unspecified atom stereocenters. The van der Waals surface area contributed by atoms with Crippen molar-refractivity contribution in [2.24, 2.45) is 0 Å². The summed E-state index contributed by atoms with van der Waals surface area (Å²) in [7, 11) is 0. The molecule has 0 radical (unpaired) electrons. The molecule has 1 nitrogen and oxygen atoms in total. The molecule has 0 amide bonds. The summed E-state index contributed by atoms with van der Waals surface area (Å²) in [6, 6.07) is 14.3. The molecule has 0 N–H and O–H groups in total. The summed E-state index contributed by atoms with van der Waals surface area (Å²) < 4.78 is 4.12. The highest BCUT2D eigenvalue weighted by molar-refractivity contribution is 7.22. The molecule has 0 spiro atoms. The zero-order valence-corrected chi connectivity index (χ0v) is 18.0. The molecule has 0 fully saturated rings. The largest absolute Gasteiger partial charge is 0.223 e. The van der Waals surface area contributed by atoms with Crippen molar-refractivity contribution in [2.45, 2.75) is 77.7 Å². The fraction of sp³-hybridized carbons (Fsp3) is 0.480. The zero-order valence-electron chi connectivity index (χ0n) is 17.2. The molecule has 0 saturated carbocycles. The zero-order chi connectivity index (χ0) is 19.0. The molecule has 2 heteroatoms. The van der Waals surface area contributed by atoms with Crippen molar-refractivity contribution in [1.29, 1.82) is 0 Å². The third-order valence-electron chi connectivity index (χ3n) is 6.84. The second-order valence-corrected chi connectivity index (χ2v) is 9.00. The minimum absolute atomic E-state index is 0.227. The highest BCUT2D eigenvalue weighted by atomic mass is 32.1.